The standard InChI is InChI=1S/C16H22BrNS/c1-2-3-4-5-6-10-15(18)13-11-19-16-12(13)8-7-9-14(16)17/h7-9,11,15H,2-6,10,18H2,1H3. The van der Waals surface area contributed by atoms with E-state index in [1.54, 1.807) is 11.3 Å². The molecule has 104 valence electrons. The smallest absolute Gasteiger partial charge is 0.0488 e. The first kappa shape index (κ1) is 15.0. The minimum Gasteiger partial charge on any atom is -0.324 e. The van der Waals surface area contributed by atoms with Crippen LogP contribution in [0.2, 0.25) is 0 Å². The number of benzene rings is 1. The first-order valence-corrected chi connectivity index (χ1v) is 8.82. The molecular formula is C16H22BrNS. The predicted octanol–water partition coefficient (Wildman–Crippen LogP) is 6.02. The van der Waals surface area contributed by atoms with E-state index in [2.05, 4.69) is 46.4 Å². The second kappa shape index (κ2) is 7.41. The summed E-state index contributed by atoms with van der Waals surface area (Å²) in [4.78, 5) is 0. The van der Waals surface area contributed by atoms with Crippen molar-refractivity contribution in [2.24, 2.45) is 5.73 Å². The summed E-state index contributed by atoms with van der Waals surface area (Å²) in [5.74, 6) is 0. The first-order chi connectivity index (χ1) is 9.24. The normalized spacial score (nSPS) is 13.0. The molecule has 0 amide bonds. The molecule has 2 N–H and O–H groups in total. The molecule has 3 heteroatoms. The van der Waals surface area contributed by atoms with Crippen molar-refractivity contribution in [2.75, 3.05) is 0 Å². The molecule has 2 rings (SSSR count). The average molecular weight is 340 g/mol. The maximum Gasteiger partial charge on any atom is 0.0488 e. The lowest BCUT2D eigenvalue weighted by molar-refractivity contribution is 0.558. The Morgan fingerprint density at radius 3 is 2.79 bits per heavy atom. The Balaban J connectivity index is 1.97. The molecule has 1 unspecified atom stereocenters. The number of rotatable bonds is 7. The van der Waals surface area contributed by atoms with Gasteiger partial charge >= 0.3 is 0 Å². The first-order valence-electron chi connectivity index (χ1n) is 7.15. The van der Waals surface area contributed by atoms with Crippen molar-refractivity contribution < 1.29 is 0 Å². The number of hydrogen-bond donors (Lipinski definition) is 1. The van der Waals surface area contributed by atoms with Gasteiger partial charge in [-0.2, -0.15) is 0 Å². The van der Waals surface area contributed by atoms with Crippen LogP contribution in [0.3, 0.4) is 0 Å². The number of fused-ring (bicyclic) bond motifs is 1. The summed E-state index contributed by atoms with van der Waals surface area (Å²) in [6.45, 7) is 2.25. The molecule has 0 saturated carbocycles. The van der Waals surface area contributed by atoms with Crippen molar-refractivity contribution in [3.05, 3.63) is 33.6 Å². The van der Waals surface area contributed by atoms with E-state index in [9.17, 15) is 0 Å². The molecule has 1 aromatic heterocycles. The monoisotopic (exact) mass is 339 g/mol. The fourth-order valence-corrected chi connectivity index (χ4v) is 4.14. The van der Waals surface area contributed by atoms with Crippen molar-refractivity contribution >= 4 is 37.4 Å². The van der Waals surface area contributed by atoms with Gasteiger partial charge in [0.25, 0.3) is 0 Å². The van der Waals surface area contributed by atoms with Crippen molar-refractivity contribution in [1.29, 1.82) is 0 Å². The molecule has 0 aliphatic carbocycles. The molecule has 0 radical (unpaired) electrons. The van der Waals surface area contributed by atoms with E-state index in [0.29, 0.717) is 0 Å². The van der Waals surface area contributed by atoms with E-state index in [0.717, 1.165) is 6.42 Å². The largest absolute Gasteiger partial charge is 0.324 e. The number of thiophene rings is 1. The van der Waals surface area contributed by atoms with E-state index in [-0.39, 0.29) is 6.04 Å². The summed E-state index contributed by atoms with van der Waals surface area (Å²) in [6.07, 6.45) is 7.65. The quantitative estimate of drug-likeness (QED) is 0.612. The van der Waals surface area contributed by atoms with Crippen LogP contribution in [0.4, 0.5) is 0 Å². The molecule has 0 aliphatic rings. The van der Waals surface area contributed by atoms with Crippen molar-refractivity contribution in [3.8, 4) is 0 Å². The van der Waals surface area contributed by atoms with Gasteiger partial charge in [-0.3, -0.25) is 0 Å². The fourth-order valence-electron chi connectivity index (χ4n) is 2.45. The van der Waals surface area contributed by atoms with E-state index in [4.69, 9.17) is 5.73 Å². The van der Waals surface area contributed by atoms with Crippen LogP contribution in [-0.4, -0.2) is 0 Å². The Kier molecular flexibility index (Phi) is 5.86. The van der Waals surface area contributed by atoms with Gasteiger partial charge < -0.3 is 5.73 Å². The highest BCUT2D eigenvalue weighted by Gasteiger charge is 2.12. The molecule has 0 spiro atoms. The van der Waals surface area contributed by atoms with Crippen LogP contribution in [0.1, 0.15) is 57.1 Å². The third kappa shape index (κ3) is 3.80. The predicted molar refractivity (Wildman–Crippen MR) is 89.8 cm³/mol. The third-order valence-electron chi connectivity index (χ3n) is 3.60. The van der Waals surface area contributed by atoms with E-state index in [1.165, 1.54) is 52.2 Å². The molecule has 1 heterocycles. The Bertz CT molecular complexity index is 520. The Morgan fingerprint density at radius 2 is 2.00 bits per heavy atom. The fraction of sp³-hybridized carbons (Fsp3) is 0.500. The molecular weight excluding hydrogens is 318 g/mol. The van der Waals surface area contributed by atoms with Crippen molar-refractivity contribution in [2.45, 2.75) is 51.5 Å². The van der Waals surface area contributed by atoms with E-state index in [1.807, 2.05) is 0 Å². The summed E-state index contributed by atoms with van der Waals surface area (Å²) < 4.78 is 2.50. The lowest BCUT2D eigenvalue weighted by atomic mass is 10.00. The van der Waals surface area contributed by atoms with Gasteiger partial charge in [0.2, 0.25) is 0 Å². The van der Waals surface area contributed by atoms with Gasteiger partial charge in [0.05, 0.1) is 0 Å². The molecule has 0 bridgehead atoms. The summed E-state index contributed by atoms with van der Waals surface area (Å²) in [7, 11) is 0. The van der Waals surface area contributed by atoms with Gasteiger partial charge in [-0.1, -0.05) is 51.2 Å². The minimum atomic E-state index is 0.185. The highest BCUT2D eigenvalue weighted by molar-refractivity contribution is 9.10. The average Bonchev–Trinajstić information content (AvgIpc) is 2.84. The van der Waals surface area contributed by atoms with Crippen molar-refractivity contribution in [1.82, 2.24) is 0 Å². The van der Waals surface area contributed by atoms with Crippen LogP contribution in [-0.2, 0) is 0 Å². The zero-order chi connectivity index (χ0) is 13.7. The minimum absolute atomic E-state index is 0.185. The highest BCUT2D eigenvalue weighted by Crippen LogP contribution is 2.35. The second-order valence-electron chi connectivity index (χ2n) is 5.12. The Morgan fingerprint density at radius 1 is 1.21 bits per heavy atom. The zero-order valence-electron chi connectivity index (χ0n) is 11.5. The van der Waals surface area contributed by atoms with Crippen LogP contribution in [0.15, 0.2) is 28.1 Å². The van der Waals surface area contributed by atoms with Crippen LogP contribution in [0.5, 0.6) is 0 Å². The number of hydrogen-bond acceptors (Lipinski definition) is 2. The van der Waals surface area contributed by atoms with Crippen molar-refractivity contribution in [3.63, 3.8) is 0 Å². The van der Waals surface area contributed by atoms with Crippen LogP contribution < -0.4 is 5.73 Å². The zero-order valence-corrected chi connectivity index (χ0v) is 13.9. The third-order valence-corrected chi connectivity index (χ3v) is 5.57. The molecule has 2 aromatic rings. The summed E-state index contributed by atoms with van der Waals surface area (Å²) in [6, 6.07) is 6.56. The molecule has 1 aromatic carbocycles. The second-order valence-corrected chi connectivity index (χ2v) is 6.85. The molecule has 19 heavy (non-hydrogen) atoms. The maximum absolute atomic E-state index is 6.36. The van der Waals surface area contributed by atoms with Gasteiger partial charge in [-0.25, -0.2) is 0 Å². The van der Waals surface area contributed by atoms with Gasteiger partial charge in [0.1, 0.15) is 0 Å². The molecule has 0 aliphatic heterocycles. The Hall–Kier alpha value is -0.380. The van der Waals surface area contributed by atoms with E-state index < -0.39 is 0 Å². The number of nitrogens with two attached hydrogens (primary N) is 1. The van der Waals surface area contributed by atoms with Gasteiger partial charge in [0, 0.05) is 15.2 Å². The topological polar surface area (TPSA) is 26.0 Å². The van der Waals surface area contributed by atoms with Gasteiger partial charge in [-0.05, 0) is 44.7 Å². The summed E-state index contributed by atoms with van der Waals surface area (Å²) in [5, 5.41) is 3.55. The van der Waals surface area contributed by atoms with Crippen LogP contribution >= 0.6 is 27.3 Å². The Labute approximate surface area is 128 Å². The summed E-state index contributed by atoms with van der Waals surface area (Å²) in [5.41, 5.74) is 7.68. The van der Waals surface area contributed by atoms with Gasteiger partial charge in [0.15, 0.2) is 0 Å². The molecule has 1 atom stereocenters. The lowest BCUT2D eigenvalue weighted by Gasteiger charge is -2.11. The molecule has 0 saturated heterocycles. The highest BCUT2D eigenvalue weighted by atomic mass is 79.9. The SMILES string of the molecule is CCCCCCCC(N)c1csc2c(Br)cccc12. The molecule has 1 nitrogen and oxygen atoms in total. The van der Waals surface area contributed by atoms with Crippen LogP contribution in [0, 0.1) is 0 Å². The van der Waals surface area contributed by atoms with Gasteiger partial charge in [-0.15, -0.1) is 11.3 Å². The number of unbranched alkanes of at least 4 members (excludes halogenated alkanes) is 4. The van der Waals surface area contributed by atoms with Crippen LogP contribution in [0.25, 0.3) is 10.1 Å². The maximum atomic E-state index is 6.36. The van der Waals surface area contributed by atoms with E-state index >= 15 is 0 Å². The summed E-state index contributed by atoms with van der Waals surface area (Å²) >= 11 is 5.40. The lowest BCUT2D eigenvalue weighted by Crippen LogP contribution is -2.09. The number of halogens is 1. The molecule has 0 fully saturated rings.